The van der Waals surface area contributed by atoms with Gasteiger partial charge in [-0.05, 0) is 0 Å². The number of terminal acetylenes is 1. The van der Waals surface area contributed by atoms with Gasteiger partial charge in [0.1, 0.15) is 18.3 Å². The maximum Gasteiger partial charge on any atom is 0.435 e. The fourth-order valence-corrected chi connectivity index (χ4v) is 0.852. The zero-order valence-corrected chi connectivity index (χ0v) is 6.84. The summed E-state index contributed by atoms with van der Waals surface area (Å²) in [5.41, 5.74) is -1.31. The van der Waals surface area contributed by atoms with Gasteiger partial charge in [-0.25, -0.2) is 4.68 Å². The Morgan fingerprint density at radius 2 is 2.21 bits per heavy atom. The molecule has 0 N–H and O–H groups in total. The monoisotopic (exact) mass is 199 g/mol. The summed E-state index contributed by atoms with van der Waals surface area (Å²) in [4.78, 5) is 0. The van der Waals surface area contributed by atoms with E-state index in [2.05, 4.69) is 11.0 Å². The second kappa shape index (κ2) is 3.43. The van der Waals surface area contributed by atoms with Gasteiger partial charge in [-0.2, -0.15) is 23.5 Å². The quantitative estimate of drug-likeness (QED) is 0.641. The van der Waals surface area contributed by atoms with E-state index in [1.165, 1.54) is 0 Å². The maximum atomic E-state index is 12.1. The molecule has 1 aromatic rings. The Hall–Kier alpha value is -1.95. The Morgan fingerprint density at radius 1 is 1.57 bits per heavy atom. The molecule has 3 nitrogen and oxygen atoms in total. The minimum atomic E-state index is -4.55. The minimum Gasteiger partial charge on any atom is -0.242 e. The molecule has 0 spiro atoms. The summed E-state index contributed by atoms with van der Waals surface area (Å²) in [6.07, 6.45) is 0.351. The molecule has 0 atom stereocenters. The molecular weight excluding hydrogens is 195 g/mol. The molecule has 0 fully saturated rings. The standard InChI is InChI=1S/C8H4F3N3/c1-2-3-14-6(5-12)4-7(13-14)8(9,10)11/h1,4H,3H2. The molecule has 0 saturated carbocycles. The van der Waals surface area contributed by atoms with Crippen LogP contribution in [0.4, 0.5) is 13.2 Å². The summed E-state index contributed by atoms with van der Waals surface area (Å²) >= 11 is 0. The van der Waals surface area contributed by atoms with Gasteiger partial charge < -0.3 is 0 Å². The van der Waals surface area contributed by atoms with Crippen molar-refractivity contribution in [2.75, 3.05) is 0 Å². The number of halogens is 3. The predicted octanol–water partition coefficient (Wildman–Crippen LogP) is 1.41. The average molecular weight is 199 g/mol. The van der Waals surface area contributed by atoms with E-state index in [0.29, 0.717) is 6.07 Å². The van der Waals surface area contributed by atoms with Crippen molar-refractivity contribution in [1.82, 2.24) is 9.78 Å². The van der Waals surface area contributed by atoms with Crippen LogP contribution in [0.2, 0.25) is 0 Å². The fourth-order valence-electron chi connectivity index (χ4n) is 0.852. The third-order valence-corrected chi connectivity index (χ3v) is 1.43. The van der Waals surface area contributed by atoms with Gasteiger partial charge in [0.25, 0.3) is 0 Å². The largest absolute Gasteiger partial charge is 0.435 e. The molecule has 1 rings (SSSR count). The molecule has 0 radical (unpaired) electrons. The van der Waals surface area contributed by atoms with Crippen LogP contribution in [0.3, 0.4) is 0 Å². The van der Waals surface area contributed by atoms with Crippen LogP contribution in [0, 0.1) is 23.7 Å². The van der Waals surface area contributed by atoms with Crippen molar-refractivity contribution in [2.24, 2.45) is 0 Å². The van der Waals surface area contributed by atoms with Crippen molar-refractivity contribution in [3.8, 4) is 18.4 Å². The molecule has 0 aliphatic heterocycles. The summed E-state index contributed by atoms with van der Waals surface area (Å²) in [5.74, 6) is 2.11. The highest BCUT2D eigenvalue weighted by Gasteiger charge is 2.34. The van der Waals surface area contributed by atoms with Crippen LogP contribution in [-0.4, -0.2) is 9.78 Å². The molecule has 0 bridgehead atoms. The second-order valence-electron chi connectivity index (χ2n) is 2.39. The number of aromatic nitrogens is 2. The third-order valence-electron chi connectivity index (χ3n) is 1.43. The molecule has 0 amide bonds. The molecule has 0 aliphatic carbocycles. The topological polar surface area (TPSA) is 41.6 Å². The van der Waals surface area contributed by atoms with E-state index < -0.39 is 11.9 Å². The summed E-state index contributed by atoms with van der Waals surface area (Å²) < 4.78 is 37.2. The predicted molar refractivity (Wildman–Crippen MR) is 40.8 cm³/mol. The van der Waals surface area contributed by atoms with Crippen LogP contribution in [0.15, 0.2) is 6.07 Å². The van der Waals surface area contributed by atoms with Gasteiger partial charge in [-0.3, -0.25) is 0 Å². The van der Waals surface area contributed by atoms with Crippen molar-refractivity contribution in [3.63, 3.8) is 0 Å². The summed E-state index contributed by atoms with van der Waals surface area (Å²) in [5, 5.41) is 11.6. The first-order valence-corrected chi connectivity index (χ1v) is 3.47. The van der Waals surface area contributed by atoms with E-state index in [0.717, 1.165) is 4.68 Å². The van der Waals surface area contributed by atoms with Crippen LogP contribution >= 0.6 is 0 Å². The van der Waals surface area contributed by atoms with Crippen molar-refractivity contribution >= 4 is 0 Å². The Morgan fingerprint density at radius 3 is 2.64 bits per heavy atom. The molecule has 1 aromatic heterocycles. The molecule has 0 aliphatic rings. The van der Waals surface area contributed by atoms with E-state index in [4.69, 9.17) is 11.7 Å². The maximum absolute atomic E-state index is 12.1. The smallest absolute Gasteiger partial charge is 0.242 e. The first-order chi connectivity index (χ1) is 6.49. The zero-order chi connectivity index (χ0) is 10.8. The molecule has 0 unspecified atom stereocenters. The number of nitrogens with zero attached hydrogens (tertiary/aromatic N) is 3. The number of hydrogen-bond acceptors (Lipinski definition) is 2. The van der Waals surface area contributed by atoms with Crippen LogP contribution in [-0.2, 0) is 12.7 Å². The van der Waals surface area contributed by atoms with Gasteiger partial charge in [0.15, 0.2) is 5.69 Å². The lowest BCUT2D eigenvalue weighted by Crippen LogP contribution is -2.08. The van der Waals surface area contributed by atoms with Gasteiger partial charge in [-0.1, -0.05) is 5.92 Å². The third kappa shape index (κ3) is 1.86. The molecule has 72 valence electrons. The highest BCUT2D eigenvalue weighted by Crippen LogP contribution is 2.28. The summed E-state index contributed by atoms with van der Waals surface area (Å²) in [7, 11) is 0. The van der Waals surface area contributed by atoms with E-state index in [9.17, 15) is 13.2 Å². The lowest BCUT2D eigenvalue weighted by molar-refractivity contribution is -0.141. The highest BCUT2D eigenvalue weighted by molar-refractivity contribution is 5.25. The van der Waals surface area contributed by atoms with Gasteiger partial charge in [0.05, 0.1) is 0 Å². The van der Waals surface area contributed by atoms with Gasteiger partial charge in [0, 0.05) is 6.07 Å². The van der Waals surface area contributed by atoms with Crippen LogP contribution < -0.4 is 0 Å². The fraction of sp³-hybridized carbons (Fsp3) is 0.250. The molecule has 1 heterocycles. The number of nitriles is 1. The Bertz CT molecular complexity index is 417. The van der Waals surface area contributed by atoms with E-state index in [-0.39, 0.29) is 12.2 Å². The molecular formula is C8H4F3N3. The van der Waals surface area contributed by atoms with Crippen LogP contribution in [0.1, 0.15) is 11.4 Å². The van der Waals surface area contributed by atoms with Gasteiger partial charge >= 0.3 is 6.18 Å². The van der Waals surface area contributed by atoms with Crippen molar-refractivity contribution < 1.29 is 13.2 Å². The Kier molecular flexibility index (Phi) is 2.48. The Labute approximate surface area is 77.8 Å². The van der Waals surface area contributed by atoms with Crippen LogP contribution in [0.5, 0.6) is 0 Å². The first kappa shape index (κ1) is 10.1. The minimum absolute atomic E-state index is 0.154. The van der Waals surface area contributed by atoms with E-state index in [1.807, 2.05) is 0 Å². The average Bonchev–Trinajstić information content (AvgIpc) is 2.47. The number of hydrogen-bond donors (Lipinski definition) is 0. The molecule has 6 heteroatoms. The van der Waals surface area contributed by atoms with Crippen molar-refractivity contribution in [3.05, 3.63) is 17.5 Å². The summed E-state index contributed by atoms with van der Waals surface area (Å²) in [6.45, 7) is -0.154. The second-order valence-corrected chi connectivity index (χ2v) is 2.39. The lowest BCUT2D eigenvalue weighted by Gasteiger charge is -1.99. The normalized spacial score (nSPS) is 10.6. The van der Waals surface area contributed by atoms with E-state index in [1.54, 1.807) is 6.07 Å². The van der Waals surface area contributed by atoms with Gasteiger partial charge in [-0.15, -0.1) is 6.42 Å². The van der Waals surface area contributed by atoms with Crippen molar-refractivity contribution in [2.45, 2.75) is 12.7 Å². The van der Waals surface area contributed by atoms with E-state index >= 15 is 0 Å². The highest BCUT2D eigenvalue weighted by atomic mass is 19.4. The van der Waals surface area contributed by atoms with Gasteiger partial charge in [0.2, 0.25) is 0 Å². The number of rotatable bonds is 1. The van der Waals surface area contributed by atoms with Crippen molar-refractivity contribution in [1.29, 1.82) is 5.26 Å². The first-order valence-electron chi connectivity index (χ1n) is 3.47. The SMILES string of the molecule is C#CCn1nc(C(F)(F)F)cc1C#N. The molecule has 0 saturated heterocycles. The molecule has 0 aromatic carbocycles. The Balaban J connectivity index is 3.16. The number of alkyl halides is 3. The zero-order valence-electron chi connectivity index (χ0n) is 6.84. The summed E-state index contributed by atoms with van der Waals surface area (Å²) in [6, 6.07) is 2.24. The van der Waals surface area contributed by atoms with Crippen LogP contribution in [0.25, 0.3) is 0 Å². The lowest BCUT2D eigenvalue weighted by atomic mass is 10.3. The molecule has 14 heavy (non-hydrogen) atoms.